The monoisotopic (exact) mass is 333 g/mol. The Bertz CT molecular complexity index is 815. The molecule has 1 aromatic heterocycles. The molecular formula is C16H19N3O3S. The van der Waals surface area contributed by atoms with Gasteiger partial charge in [-0.2, -0.15) is 0 Å². The highest BCUT2D eigenvalue weighted by atomic mass is 32.2. The third-order valence-electron chi connectivity index (χ3n) is 3.95. The standard InChI is InChI=1S/C16H19N3O3S/c20-15(8-11-19-10-1-2-12-23(19,21)22)18-14-7-3-5-13-6-4-9-17-16(13)14/h3-7,9H,1-2,8,10-12H2,(H,18,20). The van der Waals surface area contributed by atoms with Crippen LogP contribution >= 0.6 is 0 Å². The topological polar surface area (TPSA) is 79.4 Å². The predicted octanol–water partition coefficient (Wildman–Crippen LogP) is 1.99. The number of hydrogen-bond acceptors (Lipinski definition) is 4. The van der Waals surface area contributed by atoms with Gasteiger partial charge in [0.25, 0.3) is 0 Å². The van der Waals surface area contributed by atoms with Crippen LogP contribution in [0.3, 0.4) is 0 Å². The number of nitrogens with one attached hydrogen (secondary N) is 1. The molecule has 0 radical (unpaired) electrons. The maximum absolute atomic E-state index is 12.1. The van der Waals surface area contributed by atoms with Gasteiger partial charge in [-0.15, -0.1) is 0 Å². The number of carbonyl (C=O) groups is 1. The highest BCUT2D eigenvalue weighted by Crippen LogP contribution is 2.21. The number of sulfonamides is 1. The second-order valence-corrected chi connectivity index (χ2v) is 7.69. The molecule has 0 atom stereocenters. The normalized spacial score (nSPS) is 17.9. The minimum absolute atomic E-state index is 0.141. The average Bonchev–Trinajstić information content (AvgIpc) is 2.54. The SMILES string of the molecule is O=C(CCN1CCCCS1(=O)=O)Nc1cccc2cccnc12. The highest BCUT2D eigenvalue weighted by molar-refractivity contribution is 7.89. The summed E-state index contributed by atoms with van der Waals surface area (Å²) in [4.78, 5) is 16.4. The zero-order valence-corrected chi connectivity index (χ0v) is 13.6. The van der Waals surface area contributed by atoms with Gasteiger partial charge in [-0.1, -0.05) is 18.2 Å². The van der Waals surface area contributed by atoms with E-state index in [9.17, 15) is 13.2 Å². The number of carbonyl (C=O) groups excluding carboxylic acids is 1. The molecule has 1 saturated heterocycles. The van der Waals surface area contributed by atoms with Gasteiger partial charge in [0.1, 0.15) is 0 Å². The van der Waals surface area contributed by atoms with Crippen LogP contribution in [-0.2, 0) is 14.8 Å². The first-order chi connectivity index (χ1) is 11.1. The summed E-state index contributed by atoms with van der Waals surface area (Å²) in [6.45, 7) is 0.734. The van der Waals surface area contributed by atoms with E-state index in [2.05, 4.69) is 10.3 Å². The Morgan fingerprint density at radius 3 is 2.87 bits per heavy atom. The van der Waals surface area contributed by atoms with E-state index >= 15 is 0 Å². The minimum atomic E-state index is -3.19. The van der Waals surface area contributed by atoms with Crippen molar-refractivity contribution in [1.82, 2.24) is 9.29 Å². The van der Waals surface area contributed by atoms with Crippen molar-refractivity contribution in [3.63, 3.8) is 0 Å². The fraction of sp³-hybridized carbons (Fsp3) is 0.375. The summed E-state index contributed by atoms with van der Waals surface area (Å²) in [5, 5.41) is 3.78. The lowest BCUT2D eigenvalue weighted by molar-refractivity contribution is -0.116. The summed E-state index contributed by atoms with van der Waals surface area (Å²) < 4.78 is 25.2. The summed E-state index contributed by atoms with van der Waals surface area (Å²) in [6.07, 6.45) is 3.38. The van der Waals surface area contributed by atoms with Gasteiger partial charge in [0, 0.05) is 31.1 Å². The number of hydrogen-bond donors (Lipinski definition) is 1. The van der Waals surface area contributed by atoms with Gasteiger partial charge in [0.2, 0.25) is 15.9 Å². The third-order valence-corrected chi connectivity index (χ3v) is 5.90. The van der Waals surface area contributed by atoms with Crippen molar-refractivity contribution in [2.24, 2.45) is 0 Å². The van der Waals surface area contributed by atoms with Crippen molar-refractivity contribution in [2.45, 2.75) is 19.3 Å². The number of amides is 1. The summed E-state index contributed by atoms with van der Waals surface area (Å²) in [5.74, 6) is -0.0223. The summed E-state index contributed by atoms with van der Waals surface area (Å²) in [5.41, 5.74) is 1.38. The highest BCUT2D eigenvalue weighted by Gasteiger charge is 2.25. The van der Waals surface area contributed by atoms with E-state index in [-0.39, 0.29) is 24.6 Å². The first-order valence-corrected chi connectivity index (χ1v) is 9.29. The van der Waals surface area contributed by atoms with E-state index in [1.54, 1.807) is 12.3 Å². The molecule has 1 N–H and O–H groups in total. The lowest BCUT2D eigenvalue weighted by Gasteiger charge is -2.25. The molecule has 1 amide bonds. The third kappa shape index (κ3) is 3.68. The van der Waals surface area contributed by atoms with Crippen LogP contribution in [0.4, 0.5) is 5.69 Å². The van der Waals surface area contributed by atoms with E-state index in [0.29, 0.717) is 18.7 Å². The van der Waals surface area contributed by atoms with E-state index < -0.39 is 10.0 Å². The Labute approximate surface area is 135 Å². The Kier molecular flexibility index (Phi) is 4.58. The van der Waals surface area contributed by atoms with Crippen molar-refractivity contribution < 1.29 is 13.2 Å². The molecule has 2 heterocycles. The van der Waals surface area contributed by atoms with Crippen LogP contribution in [0.15, 0.2) is 36.5 Å². The van der Waals surface area contributed by atoms with E-state index in [1.165, 1.54) is 4.31 Å². The smallest absolute Gasteiger partial charge is 0.225 e. The molecule has 6 nitrogen and oxygen atoms in total. The zero-order chi connectivity index (χ0) is 16.3. The van der Waals surface area contributed by atoms with Crippen LogP contribution in [0, 0.1) is 0 Å². The van der Waals surface area contributed by atoms with Crippen molar-refractivity contribution in [2.75, 3.05) is 24.2 Å². The first-order valence-electron chi connectivity index (χ1n) is 7.68. The first kappa shape index (κ1) is 15.9. The van der Waals surface area contributed by atoms with Gasteiger partial charge in [-0.3, -0.25) is 9.78 Å². The molecule has 7 heteroatoms. The Hall–Kier alpha value is -1.99. The molecule has 1 fully saturated rings. The quantitative estimate of drug-likeness (QED) is 0.928. The molecular weight excluding hydrogens is 314 g/mol. The molecule has 3 rings (SSSR count). The molecule has 23 heavy (non-hydrogen) atoms. The number of anilines is 1. The van der Waals surface area contributed by atoms with Gasteiger partial charge in [-0.25, -0.2) is 12.7 Å². The van der Waals surface area contributed by atoms with Crippen LogP contribution in [0.25, 0.3) is 10.9 Å². The number of aromatic nitrogens is 1. The van der Waals surface area contributed by atoms with E-state index in [4.69, 9.17) is 0 Å². The maximum atomic E-state index is 12.1. The van der Waals surface area contributed by atoms with Crippen LogP contribution in [-0.4, -0.2) is 42.5 Å². The lowest BCUT2D eigenvalue weighted by Crippen LogP contribution is -2.39. The Balaban J connectivity index is 1.65. The second kappa shape index (κ2) is 6.64. The molecule has 0 unspecified atom stereocenters. The Morgan fingerprint density at radius 2 is 2.04 bits per heavy atom. The molecule has 0 aliphatic carbocycles. The number of pyridine rings is 1. The Morgan fingerprint density at radius 1 is 1.22 bits per heavy atom. The predicted molar refractivity (Wildman–Crippen MR) is 89.6 cm³/mol. The number of fused-ring (bicyclic) bond motifs is 1. The molecule has 0 spiro atoms. The average molecular weight is 333 g/mol. The number of nitrogens with zero attached hydrogens (tertiary/aromatic N) is 2. The number of rotatable bonds is 4. The van der Waals surface area contributed by atoms with E-state index in [1.807, 2.05) is 24.3 Å². The second-order valence-electron chi connectivity index (χ2n) is 5.60. The van der Waals surface area contributed by atoms with E-state index in [0.717, 1.165) is 17.3 Å². The maximum Gasteiger partial charge on any atom is 0.225 e. The molecule has 1 aliphatic heterocycles. The van der Waals surface area contributed by atoms with Crippen LogP contribution in [0.5, 0.6) is 0 Å². The van der Waals surface area contributed by atoms with Crippen molar-refractivity contribution >= 4 is 32.5 Å². The van der Waals surface area contributed by atoms with Crippen LogP contribution in [0.1, 0.15) is 19.3 Å². The van der Waals surface area contributed by atoms with Gasteiger partial charge < -0.3 is 5.32 Å². The van der Waals surface area contributed by atoms with Crippen LogP contribution in [0.2, 0.25) is 0 Å². The molecule has 122 valence electrons. The summed E-state index contributed by atoms with van der Waals surface area (Å²) in [6, 6.07) is 9.35. The molecule has 1 aromatic carbocycles. The minimum Gasteiger partial charge on any atom is -0.324 e. The molecule has 2 aromatic rings. The lowest BCUT2D eigenvalue weighted by atomic mass is 10.2. The fourth-order valence-corrected chi connectivity index (χ4v) is 4.34. The molecule has 0 saturated carbocycles. The van der Waals surface area contributed by atoms with Crippen molar-refractivity contribution in [3.05, 3.63) is 36.5 Å². The van der Waals surface area contributed by atoms with Crippen LogP contribution < -0.4 is 5.32 Å². The van der Waals surface area contributed by atoms with Crippen molar-refractivity contribution in [3.8, 4) is 0 Å². The number of benzene rings is 1. The summed E-state index contributed by atoms with van der Waals surface area (Å²) >= 11 is 0. The van der Waals surface area contributed by atoms with Gasteiger partial charge in [0.15, 0.2) is 0 Å². The fourth-order valence-electron chi connectivity index (χ4n) is 2.74. The number of para-hydroxylation sites is 1. The van der Waals surface area contributed by atoms with Gasteiger partial charge in [0.05, 0.1) is 17.0 Å². The largest absolute Gasteiger partial charge is 0.324 e. The summed E-state index contributed by atoms with van der Waals surface area (Å²) in [7, 11) is -3.19. The van der Waals surface area contributed by atoms with Crippen molar-refractivity contribution in [1.29, 1.82) is 0 Å². The molecule has 1 aliphatic rings. The molecule has 0 bridgehead atoms. The van der Waals surface area contributed by atoms with Gasteiger partial charge in [-0.05, 0) is 25.0 Å². The van der Waals surface area contributed by atoms with Gasteiger partial charge >= 0.3 is 0 Å². The zero-order valence-electron chi connectivity index (χ0n) is 12.7.